The van der Waals surface area contributed by atoms with Crippen molar-refractivity contribution < 1.29 is 4.79 Å². The molecule has 0 bridgehead atoms. The zero-order valence-corrected chi connectivity index (χ0v) is 14.9. The third-order valence-corrected chi connectivity index (χ3v) is 4.46. The lowest BCUT2D eigenvalue weighted by atomic mass is 10.1. The molecule has 0 spiro atoms. The van der Waals surface area contributed by atoms with Crippen molar-refractivity contribution in [2.24, 2.45) is 7.05 Å². The van der Waals surface area contributed by atoms with Gasteiger partial charge in [-0.05, 0) is 27.7 Å². The standard InChI is InChI=1S/C13H20N6OS2/c1-8-6-9(19(5)18-8)14-10(20)7-21-12-17-16-11(22-12)15-13(2,3)4/h6H,7H2,1-5H3,(H,14,20)(H,15,16). The highest BCUT2D eigenvalue weighted by atomic mass is 32.2. The highest BCUT2D eigenvalue weighted by molar-refractivity contribution is 8.01. The highest BCUT2D eigenvalue weighted by Crippen LogP contribution is 2.27. The summed E-state index contributed by atoms with van der Waals surface area (Å²) in [5, 5.41) is 19.2. The van der Waals surface area contributed by atoms with Crippen LogP contribution in [0, 0.1) is 6.92 Å². The quantitative estimate of drug-likeness (QED) is 0.814. The Kier molecular flexibility index (Phi) is 5.07. The van der Waals surface area contributed by atoms with E-state index in [1.54, 1.807) is 11.7 Å². The third kappa shape index (κ3) is 4.99. The van der Waals surface area contributed by atoms with E-state index in [0.717, 1.165) is 15.2 Å². The largest absolute Gasteiger partial charge is 0.355 e. The van der Waals surface area contributed by atoms with Gasteiger partial charge in [0.1, 0.15) is 5.82 Å². The number of nitrogens with zero attached hydrogens (tertiary/aromatic N) is 4. The van der Waals surface area contributed by atoms with Crippen molar-refractivity contribution in [2.45, 2.75) is 37.6 Å². The van der Waals surface area contributed by atoms with E-state index in [-0.39, 0.29) is 17.2 Å². The Morgan fingerprint density at radius 3 is 2.73 bits per heavy atom. The van der Waals surface area contributed by atoms with Gasteiger partial charge in [-0.3, -0.25) is 9.48 Å². The molecule has 0 fully saturated rings. The number of anilines is 2. The van der Waals surface area contributed by atoms with E-state index in [2.05, 4.69) is 46.7 Å². The minimum atomic E-state index is -0.0893. The molecule has 120 valence electrons. The number of thioether (sulfide) groups is 1. The van der Waals surface area contributed by atoms with Gasteiger partial charge >= 0.3 is 0 Å². The molecule has 2 aromatic rings. The summed E-state index contributed by atoms with van der Waals surface area (Å²) in [6.45, 7) is 8.06. The normalized spacial score (nSPS) is 11.5. The minimum Gasteiger partial charge on any atom is -0.355 e. The molecular weight excluding hydrogens is 320 g/mol. The Morgan fingerprint density at radius 1 is 1.41 bits per heavy atom. The first-order valence-corrected chi connectivity index (χ1v) is 8.58. The number of amides is 1. The number of rotatable bonds is 5. The Morgan fingerprint density at radius 2 is 2.14 bits per heavy atom. The van der Waals surface area contributed by atoms with E-state index in [0.29, 0.717) is 5.82 Å². The van der Waals surface area contributed by atoms with Gasteiger partial charge in [0.2, 0.25) is 11.0 Å². The van der Waals surface area contributed by atoms with E-state index in [9.17, 15) is 4.79 Å². The van der Waals surface area contributed by atoms with Crippen LogP contribution in [-0.2, 0) is 11.8 Å². The molecular formula is C13H20N6OS2. The van der Waals surface area contributed by atoms with Gasteiger partial charge in [0.15, 0.2) is 4.34 Å². The molecule has 2 aromatic heterocycles. The Bertz CT molecular complexity index is 658. The predicted molar refractivity (Wildman–Crippen MR) is 90.6 cm³/mol. The average molecular weight is 340 g/mol. The van der Waals surface area contributed by atoms with Crippen molar-refractivity contribution in [3.05, 3.63) is 11.8 Å². The second kappa shape index (κ2) is 6.66. The lowest BCUT2D eigenvalue weighted by Crippen LogP contribution is -2.25. The summed E-state index contributed by atoms with van der Waals surface area (Å²) in [5.41, 5.74) is 0.809. The summed E-state index contributed by atoms with van der Waals surface area (Å²) in [5.74, 6) is 0.887. The molecule has 0 aromatic carbocycles. The molecule has 0 atom stereocenters. The summed E-state index contributed by atoms with van der Waals surface area (Å²) >= 11 is 2.82. The fraction of sp³-hybridized carbons (Fsp3) is 0.538. The van der Waals surface area contributed by atoms with Crippen molar-refractivity contribution in [2.75, 3.05) is 16.4 Å². The summed E-state index contributed by atoms with van der Waals surface area (Å²) in [6, 6.07) is 1.83. The van der Waals surface area contributed by atoms with Crippen molar-refractivity contribution in [3.63, 3.8) is 0 Å². The lowest BCUT2D eigenvalue weighted by Gasteiger charge is -2.18. The van der Waals surface area contributed by atoms with Gasteiger partial charge in [0.05, 0.1) is 11.4 Å². The third-order valence-electron chi connectivity index (χ3n) is 2.48. The van der Waals surface area contributed by atoms with Crippen LogP contribution in [0.5, 0.6) is 0 Å². The van der Waals surface area contributed by atoms with Crippen LogP contribution in [0.25, 0.3) is 0 Å². The van der Waals surface area contributed by atoms with Gasteiger partial charge in [-0.1, -0.05) is 23.1 Å². The van der Waals surface area contributed by atoms with Gasteiger partial charge in [-0.2, -0.15) is 5.10 Å². The molecule has 0 saturated heterocycles. The number of hydrogen-bond donors (Lipinski definition) is 2. The van der Waals surface area contributed by atoms with Crippen LogP contribution in [-0.4, -0.2) is 37.2 Å². The first-order valence-electron chi connectivity index (χ1n) is 6.78. The van der Waals surface area contributed by atoms with Crippen LogP contribution < -0.4 is 10.6 Å². The first-order chi connectivity index (χ1) is 10.2. The summed E-state index contributed by atoms with van der Waals surface area (Å²) < 4.78 is 2.41. The fourth-order valence-corrected chi connectivity index (χ4v) is 3.43. The van der Waals surface area contributed by atoms with E-state index < -0.39 is 0 Å². The molecule has 0 unspecified atom stereocenters. The number of aryl methyl sites for hydroxylation is 2. The molecule has 0 radical (unpaired) electrons. The zero-order valence-electron chi connectivity index (χ0n) is 13.3. The van der Waals surface area contributed by atoms with Gasteiger partial charge in [-0.25, -0.2) is 0 Å². The number of nitrogens with one attached hydrogen (secondary N) is 2. The maximum absolute atomic E-state index is 12.0. The first kappa shape index (κ1) is 16.8. The molecule has 0 aliphatic rings. The van der Waals surface area contributed by atoms with Crippen molar-refractivity contribution >= 4 is 40.0 Å². The monoisotopic (exact) mass is 340 g/mol. The van der Waals surface area contributed by atoms with Crippen LogP contribution >= 0.6 is 23.1 Å². The maximum atomic E-state index is 12.0. The van der Waals surface area contributed by atoms with Crippen LogP contribution in [0.1, 0.15) is 26.5 Å². The summed E-state index contributed by atoms with van der Waals surface area (Å²) in [6.07, 6.45) is 0. The summed E-state index contributed by atoms with van der Waals surface area (Å²) in [4.78, 5) is 12.0. The number of carbonyl (C=O) groups is 1. The molecule has 22 heavy (non-hydrogen) atoms. The Labute approximate surface area is 137 Å². The average Bonchev–Trinajstić information content (AvgIpc) is 2.92. The number of hydrogen-bond acceptors (Lipinski definition) is 7. The maximum Gasteiger partial charge on any atom is 0.235 e. The topological polar surface area (TPSA) is 84.7 Å². The fourth-order valence-electron chi connectivity index (χ4n) is 1.67. The molecule has 2 rings (SSSR count). The SMILES string of the molecule is Cc1cc(NC(=O)CSc2nnc(NC(C)(C)C)s2)n(C)n1. The Hall–Kier alpha value is -1.61. The van der Waals surface area contributed by atoms with Gasteiger partial charge < -0.3 is 10.6 Å². The van der Waals surface area contributed by atoms with Crippen LogP contribution in [0.2, 0.25) is 0 Å². The van der Waals surface area contributed by atoms with Crippen LogP contribution in [0.15, 0.2) is 10.4 Å². The van der Waals surface area contributed by atoms with E-state index in [4.69, 9.17) is 0 Å². The number of aromatic nitrogens is 4. The molecule has 7 nitrogen and oxygen atoms in total. The second-order valence-electron chi connectivity index (χ2n) is 5.88. The van der Waals surface area contributed by atoms with Gasteiger partial charge in [0.25, 0.3) is 0 Å². The highest BCUT2D eigenvalue weighted by Gasteiger charge is 2.14. The molecule has 2 N–H and O–H groups in total. The zero-order chi connectivity index (χ0) is 16.3. The molecule has 9 heteroatoms. The van der Waals surface area contributed by atoms with Crippen molar-refractivity contribution in [3.8, 4) is 0 Å². The number of carbonyl (C=O) groups excluding carboxylic acids is 1. The minimum absolute atomic E-state index is 0.0593. The van der Waals surface area contributed by atoms with E-state index in [1.807, 2.05) is 13.0 Å². The molecule has 0 aliphatic carbocycles. The smallest absolute Gasteiger partial charge is 0.235 e. The lowest BCUT2D eigenvalue weighted by molar-refractivity contribution is -0.113. The molecule has 1 amide bonds. The predicted octanol–water partition coefficient (Wildman–Crippen LogP) is 2.52. The molecule has 2 heterocycles. The Balaban J connectivity index is 1.85. The summed E-state index contributed by atoms with van der Waals surface area (Å²) in [7, 11) is 1.80. The molecule has 0 aliphatic heterocycles. The van der Waals surface area contributed by atoms with E-state index >= 15 is 0 Å². The van der Waals surface area contributed by atoms with Crippen molar-refractivity contribution in [1.82, 2.24) is 20.0 Å². The van der Waals surface area contributed by atoms with Crippen molar-refractivity contribution in [1.29, 1.82) is 0 Å². The van der Waals surface area contributed by atoms with Crippen LogP contribution in [0.3, 0.4) is 0 Å². The molecule has 0 saturated carbocycles. The van der Waals surface area contributed by atoms with Gasteiger partial charge in [-0.15, -0.1) is 10.2 Å². The second-order valence-corrected chi connectivity index (χ2v) is 8.08. The van der Waals surface area contributed by atoms with Gasteiger partial charge in [0, 0.05) is 18.7 Å². The van der Waals surface area contributed by atoms with Crippen LogP contribution in [0.4, 0.5) is 10.9 Å². The van der Waals surface area contributed by atoms with E-state index in [1.165, 1.54) is 23.1 Å².